The minimum atomic E-state index is -0.157. The first-order valence-electron chi connectivity index (χ1n) is 2.95. The molecule has 0 atom stereocenters. The van der Waals surface area contributed by atoms with Gasteiger partial charge in [0.2, 0.25) is 11.3 Å². The average Bonchev–Trinajstić information content (AvgIpc) is 2.50. The van der Waals surface area contributed by atoms with Crippen molar-refractivity contribution in [2.45, 2.75) is 6.61 Å². The lowest BCUT2D eigenvalue weighted by Crippen LogP contribution is -1.91. The van der Waals surface area contributed by atoms with Crippen molar-refractivity contribution in [2.24, 2.45) is 0 Å². The van der Waals surface area contributed by atoms with Crippen LogP contribution in [0.2, 0.25) is 0 Å². The standard InChI is InChI=1S/C5H4N4O2/c10-2-3-1-6-4-5(7-3)9-11-8-4/h1,10H,2H2. The fraction of sp³-hybridized carbons (Fsp3) is 0.200. The van der Waals surface area contributed by atoms with Crippen LogP contribution in [0.25, 0.3) is 11.3 Å². The fourth-order valence-corrected chi connectivity index (χ4v) is 0.708. The third-order valence-corrected chi connectivity index (χ3v) is 1.20. The van der Waals surface area contributed by atoms with Gasteiger partial charge in [0.1, 0.15) is 0 Å². The summed E-state index contributed by atoms with van der Waals surface area (Å²) < 4.78 is 4.36. The second kappa shape index (κ2) is 2.24. The monoisotopic (exact) mass is 152 g/mol. The third kappa shape index (κ3) is 0.926. The highest BCUT2D eigenvalue weighted by Gasteiger charge is 2.02. The number of rotatable bonds is 1. The van der Waals surface area contributed by atoms with Crippen LogP contribution < -0.4 is 0 Å². The van der Waals surface area contributed by atoms with E-state index >= 15 is 0 Å². The van der Waals surface area contributed by atoms with Gasteiger partial charge in [-0.15, -0.1) is 0 Å². The molecule has 0 unspecified atom stereocenters. The molecule has 2 heterocycles. The molecule has 0 spiro atoms. The molecular formula is C5H4N4O2. The zero-order chi connectivity index (χ0) is 7.68. The van der Waals surface area contributed by atoms with Crippen molar-refractivity contribution in [2.75, 3.05) is 0 Å². The van der Waals surface area contributed by atoms with Gasteiger partial charge in [-0.1, -0.05) is 0 Å². The maximum Gasteiger partial charge on any atom is 0.243 e. The van der Waals surface area contributed by atoms with E-state index in [9.17, 15) is 0 Å². The Hall–Kier alpha value is -1.56. The summed E-state index contributed by atoms with van der Waals surface area (Å²) in [5, 5.41) is 15.6. The molecule has 0 bridgehead atoms. The molecule has 0 radical (unpaired) electrons. The molecule has 0 fully saturated rings. The van der Waals surface area contributed by atoms with Crippen molar-refractivity contribution in [3.8, 4) is 0 Å². The van der Waals surface area contributed by atoms with E-state index in [4.69, 9.17) is 5.11 Å². The lowest BCUT2D eigenvalue weighted by molar-refractivity contribution is 0.276. The lowest BCUT2D eigenvalue weighted by Gasteiger charge is -1.89. The number of fused-ring (bicyclic) bond motifs is 1. The maximum absolute atomic E-state index is 8.65. The van der Waals surface area contributed by atoms with Crippen LogP contribution in [-0.4, -0.2) is 25.4 Å². The zero-order valence-electron chi connectivity index (χ0n) is 5.43. The van der Waals surface area contributed by atoms with E-state index < -0.39 is 0 Å². The second-order valence-electron chi connectivity index (χ2n) is 1.93. The molecule has 0 aliphatic carbocycles. The third-order valence-electron chi connectivity index (χ3n) is 1.20. The van der Waals surface area contributed by atoms with Gasteiger partial charge in [-0.2, -0.15) is 0 Å². The normalized spacial score (nSPS) is 10.6. The van der Waals surface area contributed by atoms with Crippen LogP contribution in [0.5, 0.6) is 0 Å². The predicted molar refractivity (Wildman–Crippen MR) is 33.3 cm³/mol. The van der Waals surface area contributed by atoms with Crippen LogP contribution in [0, 0.1) is 0 Å². The van der Waals surface area contributed by atoms with Gasteiger partial charge in [0.15, 0.2) is 0 Å². The first-order chi connectivity index (χ1) is 5.40. The number of aliphatic hydroxyl groups excluding tert-OH is 1. The van der Waals surface area contributed by atoms with Crippen molar-refractivity contribution in [1.29, 1.82) is 0 Å². The highest BCUT2D eigenvalue weighted by atomic mass is 16.6. The number of aliphatic hydroxyl groups is 1. The Balaban J connectivity index is 2.67. The summed E-state index contributed by atoms with van der Waals surface area (Å²) in [6.45, 7) is -0.157. The Morgan fingerprint density at radius 2 is 2.18 bits per heavy atom. The molecule has 2 aromatic heterocycles. The second-order valence-corrected chi connectivity index (χ2v) is 1.93. The number of hydrogen-bond donors (Lipinski definition) is 1. The van der Waals surface area contributed by atoms with E-state index in [1.165, 1.54) is 6.20 Å². The average molecular weight is 152 g/mol. The highest BCUT2D eigenvalue weighted by Crippen LogP contribution is 2.02. The van der Waals surface area contributed by atoms with Crippen molar-refractivity contribution < 1.29 is 9.74 Å². The van der Waals surface area contributed by atoms with E-state index in [0.717, 1.165) is 0 Å². The van der Waals surface area contributed by atoms with Crippen molar-refractivity contribution >= 4 is 11.3 Å². The summed E-state index contributed by atoms with van der Waals surface area (Å²) in [6.07, 6.45) is 1.42. The SMILES string of the molecule is OCc1cnc2nonc2n1. The first kappa shape index (κ1) is 6.17. The van der Waals surface area contributed by atoms with E-state index in [2.05, 4.69) is 24.9 Å². The number of aromatic nitrogens is 4. The summed E-state index contributed by atoms with van der Waals surface area (Å²) in [5.74, 6) is 0. The highest BCUT2D eigenvalue weighted by molar-refractivity contribution is 5.61. The van der Waals surface area contributed by atoms with Crippen LogP contribution in [0.3, 0.4) is 0 Å². The Labute approximate surface area is 60.8 Å². The molecule has 0 aliphatic heterocycles. The van der Waals surface area contributed by atoms with E-state index in [0.29, 0.717) is 17.0 Å². The lowest BCUT2D eigenvalue weighted by atomic mass is 10.5. The fourth-order valence-electron chi connectivity index (χ4n) is 0.708. The molecule has 0 amide bonds. The van der Waals surface area contributed by atoms with Crippen LogP contribution in [-0.2, 0) is 6.61 Å². The summed E-state index contributed by atoms with van der Waals surface area (Å²) in [6, 6.07) is 0. The minimum absolute atomic E-state index is 0.157. The van der Waals surface area contributed by atoms with Crippen molar-refractivity contribution in [3.63, 3.8) is 0 Å². The van der Waals surface area contributed by atoms with Gasteiger partial charge in [-0.05, 0) is 10.3 Å². The van der Waals surface area contributed by atoms with Gasteiger partial charge < -0.3 is 5.11 Å². The Kier molecular flexibility index (Phi) is 1.26. The Morgan fingerprint density at radius 1 is 1.36 bits per heavy atom. The molecule has 2 rings (SSSR count). The number of hydrogen-bond acceptors (Lipinski definition) is 6. The topological polar surface area (TPSA) is 84.9 Å². The van der Waals surface area contributed by atoms with Gasteiger partial charge in [-0.25, -0.2) is 14.6 Å². The summed E-state index contributed by atoms with van der Waals surface area (Å²) >= 11 is 0. The zero-order valence-corrected chi connectivity index (χ0v) is 5.43. The van der Waals surface area contributed by atoms with E-state index in [1.54, 1.807) is 0 Å². The first-order valence-corrected chi connectivity index (χ1v) is 2.95. The van der Waals surface area contributed by atoms with Gasteiger partial charge in [0.25, 0.3) is 0 Å². The molecule has 0 saturated carbocycles. The molecule has 56 valence electrons. The smallest absolute Gasteiger partial charge is 0.243 e. The van der Waals surface area contributed by atoms with Gasteiger partial charge in [-0.3, -0.25) is 0 Å². The quantitative estimate of drug-likeness (QED) is 0.593. The minimum Gasteiger partial charge on any atom is -0.390 e. The maximum atomic E-state index is 8.65. The molecule has 2 aromatic rings. The summed E-state index contributed by atoms with van der Waals surface area (Å²) in [7, 11) is 0. The van der Waals surface area contributed by atoms with Crippen molar-refractivity contribution in [3.05, 3.63) is 11.9 Å². The summed E-state index contributed by atoms with van der Waals surface area (Å²) in [5.41, 5.74) is 1.12. The largest absolute Gasteiger partial charge is 0.390 e. The van der Waals surface area contributed by atoms with Crippen LogP contribution in [0.4, 0.5) is 0 Å². The molecule has 6 nitrogen and oxygen atoms in total. The molecule has 0 saturated heterocycles. The van der Waals surface area contributed by atoms with E-state index in [-0.39, 0.29) is 6.61 Å². The molecule has 1 N–H and O–H groups in total. The van der Waals surface area contributed by atoms with E-state index in [1.807, 2.05) is 0 Å². The summed E-state index contributed by atoms with van der Waals surface area (Å²) in [4.78, 5) is 7.70. The molecule has 0 aliphatic rings. The van der Waals surface area contributed by atoms with Gasteiger partial charge in [0, 0.05) is 0 Å². The van der Waals surface area contributed by atoms with Gasteiger partial charge in [0.05, 0.1) is 18.5 Å². The molecule has 11 heavy (non-hydrogen) atoms. The van der Waals surface area contributed by atoms with Crippen LogP contribution in [0.15, 0.2) is 10.8 Å². The van der Waals surface area contributed by atoms with Gasteiger partial charge >= 0.3 is 0 Å². The molecule has 0 aromatic carbocycles. The molecule has 6 heteroatoms. The molecular weight excluding hydrogens is 148 g/mol. The predicted octanol–water partition coefficient (Wildman–Crippen LogP) is -0.495. The van der Waals surface area contributed by atoms with Crippen LogP contribution >= 0.6 is 0 Å². The van der Waals surface area contributed by atoms with Crippen LogP contribution in [0.1, 0.15) is 5.69 Å². The number of nitrogens with zero attached hydrogens (tertiary/aromatic N) is 4. The Morgan fingerprint density at radius 3 is 3.00 bits per heavy atom. The van der Waals surface area contributed by atoms with Crippen molar-refractivity contribution in [1.82, 2.24) is 20.3 Å². The Bertz CT molecular complexity index is 371.